The highest BCUT2D eigenvalue weighted by Crippen LogP contribution is 2.21. The molecule has 112 valence electrons. The van der Waals surface area contributed by atoms with Gasteiger partial charge in [0, 0.05) is 18.7 Å². The van der Waals surface area contributed by atoms with E-state index in [2.05, 4.69) is 77.9 Å². The maximum Gasteiger partial charge on any atom is 0.0695 e. The number of nitrogens with one attached hydrogen (secondary N) is 2. The minimum absolute atomic E-state index is 0.799. The van der Waals surface area contributed by atoms with Crippen molar-refractivity contribution in [2.45, 2.75) is 26.9 Å². The van der Waals surface area contributed by atoms with Gasteiger partial charge in [0.25, 0.3) is 0 Å². The number of aryl methyl sites for hydroxylation is 2. The van der Waals surface area contributed by atoms with Crippen LogP contribution in [0.2, 0.25) is 0 Å². The van der Waals surface area contributed by atoms with E-state index in [1.165, 1.54) is 27.8 Å². The molecule has 0 bridgehead atoms. The van der Waals surface area contributed by atoms with E-state index in [-0.39, 0.29) is 0 Å². The standard InChI is InChI=1S/C19H21N3/c1-14-6-8-17(9-7-14)19-18(13-21-22-19)12-20-11-16-5-3-4-15(2)10-16/h3-10,13,20H,11-12H2,1-2H3,(H,21,22). The molecule has 2 aromatic carbocycles. The lowest BCUT2D eigenvalue weighted by Gasteiger charge is -2.07. The molecular weight excluding hydrogens is 270 g/mol. The zero-order valence-corrected chi connectivity index (χ0v) is 13.1. The molecule has 0 saturated carbocycles. The lowest BCUT2D eigenvalue weighted by atomic mass is 10.1. The predicted molar refractivity (Wildman–Crippen MR) is 90.5 cm³/mol. The molecule has 0 unspecified atom stereocenters. The van der Waals surface area contributed by atoms with Gasteiger partial charge in [0.1, 0.15) is 0 Å². The Morgan fingerprint density at radius 1 is 0.955 bits per heavy atom. The molecule has 3 heteroatoms. The van der Waals surface area contributed by atoms with Crippen molar-refractivity contribution in [3.8, 4) is 11.3 Å². The molecule has 1 heterocycles. The van der Waals surface area contributed by atoms with E-state index >= 15 is 0 Å². The summed E-state index contributed by atoms with van der Waals surface area (Å²) in [5.41, 5.74) is 7.33. The summed E-state index contributed by atoms with van der Waals surface area (Å²) in [4.78, 5) is 0. The van der Waals surface area contributed by atoms with Crippen molar-refractivity contribution in [2.75, 3.05) is 0 Å². The van der Waals surface area contributed by atoms with Gasteiger partial charge in [0.2, 0.25) is 0 Å². The Hall–Kier alpha value is -2.39. The summed E-state index contributed by atoms with van der Waals surface area (Å²) in [5, 5.41) is 10.8. The van der Waals surface area contributed by atoms with Crippen LogP contribution >= 0.6 is 0 Å². The first-order valence-corrected chi connectivity index (χ1v) is 7.58. The van der Waals surface area contributed by atoms with Crippen molar-refractivity contribution in [1.29, 1.82) is 0 Å². The van der Waals surface area contributed by atoms with Crippen LogP contribution < -0.4 is 5.32 Å². The first-order chi connectivity index (χ1) is 10.7. The third-order valence-electron chi connectivity index (χ3n) is 3.79. The molecule has 0 aliphatic rings. The van der Waals surface area contributed by atoms with Gasteiger partial charge in [0.15, 0.2) is 0 Å². The zero-order chi connectivity index (χ0) is 15.4. The first kappa shape index (κ1) is 14.5. The third kappa shape index (κ3) is 3.43. The number of rotatable bonds is 5. The SMILES string of the molecule is Cc1ccc(-c2[nH]ncc2CNCc2cccc(C)c2)cc1. The number of benzene rings is 2. The number of aromatic nitrogens is 2. The highest BCUT2D eigenvalue weighted by atomic mass is 15.1. The maximum absolute atomic E-state index is 4.20. The van der Waals surface area contributed by atoms with Crippen LogP contribution in [0.4, 0.5) is 0 Å². The Labute approximate surface area is 131 Å². The van der Waals surface area contributed by atoms with Crippen LogP contribution in [0, 0.1) is 13.8 Å². The molecule has 0 aliphatic carbocycles. The second kappa shape index (κ2) is 6.58. The molecular formula is C19H21N3. The van der Waals surface area contributed by atoms with Gasteiger partial charge in [-0.1, -0.05) is 59.7 Å². The van der Waals surface area contributed by atoms with E-state index in [1.54, 1.807) is 0 Å². The predicted octanol–water partition coefficient (Wildman–Crippen LogP) is 3.98. The number of aromatic amines is 1. The topological polar surface area (TPSA) is 40.7 Å². The molecule has 0 radical (unpaired) electrons. The smallest absolute Gasteiger partial charge is 0.0695 e. The highest BCUT2D eigenvalue weighted by Gasteiger charge is 2.07. The van der Waals surface area contributed by atoms with Gasteiger partial charge >= 0.3 is 0 Å². The van der Waals surface area contributed by atoms with Crippen molar-refractivity contribution in [1.82, 2.24) is 15.5 Å². The van der Waals surface area contributed by atoms with Crippen molar-refractivity contribution < 1.29 is 0 Å². The Morgan fingerprint density at radius 2 is 1.77 bits per heavy atom. The summed E-state index contributed by atoms with van der Waals surface area (Å²) < 4.78 is 0. The largest absolute Gasteiger partial charge is 0.308 e. The van der Waals surface area contributed by atoms with Gasteiger partial charge in [-0.2, -0.15) is 5.10 Å². The fourth-order valence-corrected chi connectivity index (χ4v) is 2.58. The third-order valence-corrected chi connectivity index (χ3v) is 3.79. The minimum Gasteiger partial charge on any atom is -0.308 e. The Bertz CT molecular complexity index is 741. The van der Waals surface area contributed by atoms with Crippen LogP contribution in [0.3, 0.4) is 0 Å². The van der Waals surface area contributed by atoms with Crippen LogP contribution in [0.25, 0.3) is 11.3 Å². The average molecular weight is 291 g/mol. The van der Waals surface area contributed by atoms with E-state index in [9.17, 15) is 0 Å². The van der Waals surface area contributed by atoms with Crippen molar-refractivity contribution >= 4 is 0 Å². The van der Waals surface area contributed by atoms with Crippen LogP contribution in [-0.2, 0) is 13.1 Å². The van der Waals surface area contributed by atoms with Crippen LogP contribution in [0.1, 0.15) is 22.3 Å². The van der Waals surface area contributed by atoms with E-state index in [1.807, 2.05) is 6.20 Å². The molecule has 0 spiro atoms. The van der Waals surface area contributed by atoms with Gasteiger partial charge in [-0.25, -0.2) is 0 Å². The normalized spacial score (nSPS) is 10.8. The maximum atomic E-state index is 4.20. The molecule has 3 aromatic rings. The van der Waals surface area contributed by atoms with Crippen molar-refractivity contribution in [3.63, 3.8) is 0 Å². The fourth-order valence-electron chi connectivity index (χ4n) is 2.58. The first-order valence-electron chi connectivity index (χ1n) is 7.58. The minimum atomic E-state index is 0.799. The fraction of sp³-hybridized carbons (Fsp3) is 0.211. The number of hydrogen-bond donors (Lipinski definition) is 2. The van der Waals surface area contributed by atoms with Crippen molar-refractivity contribution in [3.05, 3.63) is 77.0 Å². The number of hydrogen-bond acceptors (Lipinski definition) is 2. The molecule has 0 aliphatic heterocycles. The number of H-pyrrole nitrogens is 1. The van der Waals surface area contributed by atoms with Gasteiger partial charge < -0.3 is 5.32 Å². The number of nitrogens with zero attached hydrogens (tertiary/aromatic N) is 1. The lowest BCUT2D eigenvalue weighted by Crippen LogP contribution is -2.12. The summed E-state index contributed by atoms with van der Waals surface area (Å²) in [6.45, 7) is 5.88. The second-order valence-corrected chi connectivity index (χ2v) is 5.73. The summed E-state index contributed by atoms with van der Waals surface area (Å²) in [7, 11) is 0. The second-order valence-electron chi connectivity index (χ2n) is 5.73. The van der Waals surface area contributed by atoms with E-state index in [0.29, 0.717) is 0 Å². The summed E-state index contributed by atoms with van der Waals surface area (Å²) in [5.74, 6) is 0. The molecule has 0 fully saturated rings. The van der Waals surface area contributed by atoms with Crippen LogP contribution in [0.5, 0.6) is 0 Å². The lowest BCUT2D eigenvalue weighted by molar-refractivity contribution is 0.694. The molecule has 22 heavy (non-hydrogen) atoms. The van der Waals surface area contributed by atoms with E-state index in [4.69, 9.17) is 0 Å². The molecule has 0 atom stereocenters. The van der Waals surface area contributed by atoms with Crippen molar-refractivity contribution in [2.24, 2.45) is 0 Å². The Morgan fingerprint density at radius 3 is 2.55 bits per heavy atom. The molecule has 3 nitrogen and oxygen atoms in total. The van der Waals surface area contributed by atoms with Gasteiger partial charge in [-0.15, -0.1) is 0 Å². The highest BCUT2D eigenvalue weighted by molar-refractivity contribution is 5.62. The summed E-state index contributed by atoms with van der Waals surface area (Å²) in [6, 6.07) is 17.1. The molecule has 0 amide bonds. The molecule has 3 rings (SSSR count). The van der Waals surface area contributed by atoms with Crippen LogP contribution in [0.15, 0.2) is 54.7 Å². The van der Waals surface area contributed by atoms with E-state index in [0.717, 1.165) is 18.8 Å². The molecule has 1 aromatic heterocycles. The Kier molecular flexibility index (Phi) is 4.35. The van der Waals surface area contributed by atoms with Gasteiger partial charge in [-0.3, -0.25) is 5.10 Å². The van der Waals surface area contributed by atoms with E-state index < -0.39 is 0 Å². The zero-order valence-electron chi connectivity index (χ0n) is 13.1. The monoisotopic (exact) mass is 291 g/mol. The Balaban J connectivity index is 1.66. The molecule has 0 saturated heterocycles. The van der Waals surface area contributed by atoms with Gasteiger partial charge in [0.05, 0.1) is 11.9 Å². The van der Waals surface area contributed by atoms with Crippen LogP contribution in [-0.4, -0.2) is 10.2 Å². The summed E-state index contributed by atoms with van der Waals surface area (Å²) in [6.07, 6.45) is 1.90. The van der Waals surface area contributed by atoms with Gasteiger partial charge in [-0.05, 0) is 25.0 Å². The average Bonchev–Trinajstić information content (AvgIpc) is 2.97. The quantitative estimate of drug-likeness (QED) is 0.746. The molecule has 2 N–H and O–H groups in total. The summed E-state index contributed by atoms with van der Waals surface area (Å²) >= 11 is 0.